The summed E-state index contributed by atoms with van der Waals surface area (Å²) in [6.45, 7) is 0. The van der Waals surface area contributed by atoms with Crippen LogP contribution in [-0.4, -0.2) is 16.0 Å². The number of urea groups is 1. The van der Waals surface area contributed by atoms with E-state index in [1.54, 1.807) is 0 Å². The molecule has 20 heavy (non-hydrogen) atoms. The number of aromatic nitrogens is 2. The molecule has 3 N–H and O–H groups in total. The van der Waals surface area contributed by atoms with Crippen LogP contribution < -0.4 is 10.6 Å². The molecule has 0 radical (unpaired) electrons. The van der Waals surface area contributed by atoms with Gasteiger partial charge in [0, 0.05) is 12.4 Å². The fourth-order valence-corrected chi connectivity index (χ4v) is 1.70. The van der Waals surface area contributed by atoms with Crippen molar-refractivity contribution in [2.45, 2.75) is 6.18 Å². The Labute approximate surface area is 116 Å². The molecule has 0 atom stereocenters. The minimum Gasteiger partial charge on any atom is -0.331 e. The molecule has 0 aliphatic carbocycles. The monoisotopic (exact) mass is 304 g/mol. The number of rotatable bonds is 2. The average Bonchev–Trinajstić information content (AvgIpc) is 2.83. The van der Waals surface area contributed by atoms with E-state index in [1.165, 1.54) is 18.5 Å². The van der Waals surface area contributed by atoms with Gasteiger partial charge >= 0.3 is 12.2 Å². The summed E-state index contributed by atoms with van der Waals surface area (Å²) in [6.07, 6.45) is -1.79. The van der Waals surface area contributed by atoms with E-state index in [0.29, 0.717) is 0 Å². The highest BCUT2D eigenvalue weighted by Gasteiger charge is 2.34. The second kappa shape index (κ2) is 5.41. The number of aromatic amines is 1. The Morgan fingerprint density at radius 3 is 2.65 bits per heavy atom. The number of anilines is 2. The lowest BCUT2D eigenvalue weighted by Gasteiger charge is -2.15. The smallest absolute Gasteiger partial charge is 0.331 e. The third kappa shape index (κ3) is 3.21. The molecule has 1 aromatic carbocycles. The number of nitrogens with zero attached hydrogens (tertiary/aromatic N) is 1. The first-order valence-corrected chi connectivity index (χ1v) is 5.69. The lowest BCUT2D eigenvalue weighted by atomic mass is 10.1. The zero-order chi connectivity index (χ0) is 14.8. The summed E-state index contributed by atoms with van der Waals surface area (Å²) in [6, 6.07) is 2.34. The first kappa shape index (κ1) is 14.2. The number of amides is 2. The summed E-state index contributed by atoms with van der Waals surface area (Å²) in [4.78, 5) is 17.9. The molecule has 0 spiro atoms. The highest BCUT2D eigenvalue weighted by molar-refractivity contribution is 6.34. The number of imidazole rings is 1. The maximum Gasteiger partial charge on any atom is 0.418 e. The number of alkyl halides is 3. The third-order valence-corrected chi connectivity index (χ3v) is 2.60. The molecule has 0 fully saturated rings. The van der Waals surface area contributed by atoms with Gasteiger partial charge < -0.3 is 10.3 Å². The van der Waals surface area contributed by atoms with E-state index in [-0.39, 0.29) is 11.0 Å². The molecule has 0 aliphatic rings. The molecule has 0 unspecified atom stereocenters. The van der Waals surface area contributed by atoms with Gasteiger partial charge in [-0.25, -0.2) is 9.78 Å². The number of para-hydroxylation sites is 1. The summed E-state index contributed by atoms with van der Waals surface area (Å²) in [5.41, 5.74) is -1.54. The van der Waals surface area contributed by atoms with E-state index in [0.717, 1.165) is 12.1 Å². The van der Waals surface area contributed by atoms with Gasteiger partial charge in [0.25, 0.3) is 0 Å². The molecule has 5 nitrogen and oxygen atoms in total. The van der Waals surface area contributed by atoms with E-state index in [4.69, 9.17) is 11.6 Å². The largest absolute Gasteiger partial charge is 0.418 e. The van der Waals surface area contributed by atoms with Gasteiger partial charge in [-0.1, -0.05) is 17.7 Å². The topological polar surface area (TPSA) is 69.8 Å². The van der Waals surface area contributed by atoms with Gasteiger partial charge in [0.05, 0.1) is 16.3 Å². The SMILES string of the molecule is O=C(Nc1ncc[nH]1)Nc1c(Cl)cccc1C(F)(F)F. The number of H-pyrrole nitrogens is 1. The Kier molecular flexibility index (Phi) is 3.84. The molecule has 0 bridgehead atoms. The van der Waals surface area contributed by atoms with E-state index in [1.807, 2.05) is 0 Å². The van der Waals surface area contributed by atoms with Gasteiger partial charge in [0.15, 0.2) is 0 Å². The molecule has 106 valence electrons. The second-order valence-electron chi connectivity index (χ2n) is 3.68. The maximum absolute atomic E-state index is 12.8. The predicted molar refractivity (Wildman–Crippen MR) is 67.7 cm³/mol. The summed E-state index contributed by atoms with van der Waals surface area (Å²) in [5.74, 6) is 0.100. The van der Waals surface area contributed by atoms with Gasteiger partial charge in [-0.2, -0.15) is 13.2 Å². The van der Waals surface area contributed by atoms with Crippen molar-refractivity contribution in [3.05, 3.63) is 41.2 Å². The maximum atomic E-state index is 12.8. The first-order valence-electron chi connectivity index (χ1n) is 5.31. The highest BCUT2D eigenvalue weighted by Crippen LogP contribution is 2.38. The summed E-state index contributed by atoms with van der Waals surface area (Å²) in [7, 11) is 0. The fraction of sp³-hybridized carbons (Fsp3) is 0.0909. The van der Waals surface area contributed by atoms with E-state index < -0.39 is 23.5 Å². The van der Waals surface area contributed by atoms with Gasteiger partial charge in [-0.3, -0.25) is 5.32 Å². The third-order valence-electron chi connectivity index (χ3n) is 2.29. The molecular formula is C11H8ClF3N4O. The molecule has 9 heteroatoms. The van der Waals surface area contributed by atoms with Gasteiger partial charge in [0.1, 0.15) is 0 Å². The Bertz CT molecular complexity index is 613. The van der Waals surface area contributed by atoms with Gasteiger partial charge in [0.2, 0.25) is 5.95 Å². The Morgan fingerprint density at radius 1 is 1.30 bits per heavy atom. The molecular weight excluding hydrogens is 297 g/mol. The van der Waals surface area contributed by atoms with Crippen molar-refractivity contribution in [2.75, 3.05) is 10.6 Å². The van der Waals surface area contributed by atoms with Crippen molar-refractivity contribution in [3.8, 4) is 0 Å². The van der Waals surface area contributed by atoms with Gasteiger partial charge in [-0.05, 0) is 12.1 Å². The highest BCUT2D eigenvalue weighted by atomic mass is 35.5. The number of nitrogens with one attached hydrogen (secondary N) is 3. The molecule has 2 aromatic rings. The second-order valence-corrected chi connectivity index (χ2v) is 4.08. The van der Waals surface area contributed by atoms with E-state index >= 15 is 0 Å². The number of hydrogen-bond donors (Lipinski definition) is 3. The number of carbonyl (C=O) groups excluding carboxylic acids is 1. The summed E-state index contributed by atoms with van der Waals surface area (Å²) >= 11 is 5.70. The molecule has 1 heterocycles. The van der Waals surface area contributed by atoms with Crippen LogP contribution in [0.2, 0.25) is 5.02 Å². The first-order chi connectivity index (χ1) is 9.38. The van der Waals surface area contributed by atoms with Crippen LogP contribution >= 0.6 is 11.6 Å². The van der Waals surface area contributed by atoms with Crippen molar-refractivity contribution in [1.82, 2.24) is 9.97 Å². The van der Waals surface area contributed by atoms with Crippen LogP contribution in [0.3, 0.4) is 0 Å². The van der Waals surface area contributed by atoms with Crippen LogP contribution in [0.25, 0.3) is 0 Å². The van der Waals surface area contributed by atoms with Crippen LogP contribution in [0.15, 0.2) is 30.6 Å². The predicted octanol–water partition coefficient (Wildman–Crippen LogP) is 3.73. The summed E-state index contributed by atoms with van der Waals surface area (Å²) < 4.78 is 38.4. The number of hydrogen-bond acceptors (Lipinski definition) is 2. The minimum absolute atomic E-state index is 0.100. The van der Waals surface area contributed by atoms with Crippen LogP contribution in [-0.2, 0) is 6.18 Å². The Balaban J connectivity index is 2.22. The van der Waals surface area contributed by atoms with Crippen molar-refractivity contribution >= 4 is 29.3 Å². The van der Waals surface area contributed by atoms with Crippen LogP contribution in [0, 0.1) is 0 Å². The number of benzene rings is 1. The molecule has 1 aromatic heterocycles. The minimum atomic E-state index is -4.63. The average molecular weight is 305 g/mol. The quantitative estimate of drug-likeness (QED) is 0.791. The van der Waals surface area contributed by atoms with Crippen LogP contribution in [0.4, 0.5) is 29.6 Å². The lowest BCUT2D eigenvalue weighted by Crippen LogP contribution is -2.22. The van der Waals surface area contributed by atoms with Crippen molar-refractivity contribution in [1.29, 1.82) is 0 Å². The van der Waals surface area contributed by atoms with Crippen molar-refractivity contribution in [3.63, 3.8) is 0 Å². The molecule has 0 saturated heterocycles. The number of halogens is 4. The lowest BCUT2D eigenvalue weighted by molar-refractivity contribution is -0.136. The standard InChI is InChI=1S/C11H8ClF3N4O/c12-7-3-1-2-6(11(13,14)15)8(7)18-10(20)19-9-16-4-5-17-9/h1-5H,(H3,16,17,18,19,20). The Hall–Kier alpha value is -2.22. The molecule has 2 rings (SSSR count). The fourth-order valence-electron chi connectivity index (χ4n) is 1.47. The Morgan fingerprint density at radius 2 is 2.05 bits per heavy atom. The molecule has 2 amide bonds. The van der Waals surface area contributed by atoms with E-state index in [2.05, 4.69) is 20.6 Å². The van der Waals surface area contributed by atoms with E-state index in [9.17, 15) is 18.0 Å². The van der Waals surface area contributed by atoms with Gasteiger partial charge in [-0.15, -0.1) is 0 Å². The summed E-state index contributed by atoms with van der Waals surface area (Å²) in [5, 5.41) is 4.08. The number of carbonyl (C=O) groups is 1. The zero-order valence-electron chi connectivity index (χ0n) is 9.75. The molecule has 0 aliphatic heterocycles. The molecule has 0 saturated carbocycles. The normalized spacial score (nSPS) is 11.2. The van der Waals surface area contributed by atoms with Crippen molar-refractivity contribution in [2.24, 2.45) is 0 Å². The van der Waals surface area contributed by atoms with Crippen LogP contribution in [0.1, 0.15) is 5.56 Å². The van der Waals surface area contributed by atoms with Crippen molar-refractivity contribution < 1.29 is 18.0 Å². The zero-order valence-corrected chi connectivity index (χ0v) is 10.5. The van der Waals surface area contributed by atoms with Crippen LogP contribution in [0.5, 0.6) is 0 Å².